The molecule has 1 nitrogen and oxygen atoms in total. The third kappa shape index (κ3) is 5.37. The normalized spacial score (nSPS) is 7.21. The minimum Gasteiger partial charge on any atom is -0.192 e. The van der Waals surface area contributed by atoms with Crippen molar-refractivity contribution in [3.8, 4) is 6.07 Å². The van der Waals surface area contributed by atoms with Crippen molar-refractivity contribution in [2.75, 3.05) is 0 Å². The van der Waals surface area contributed by atoms with Gasteiger partial charge < -0.3 is 0 Å². The maximum Gasteiger partial charge on any atom is 0.0991 e. The highest BCUT2D eigenvalue weighted by molar-refractivity contribution is 5.36. The molecule has 0 heterocycles. The second-order valence-electron chi connectivity index (χ2n) is 2.41. The van der Waals surface area contributed by atoms with E-state index in [4.69, 9.17) is 5.26 Å². The van der Waals surface area contributed by atoms with Crippen molar-refractivity contribution in [3.05, 3.63) is 34.9 Å². The second-order valence-corrected chi connectivity index (χ2v) is 2.41. The minimum atomic E-state index is 0.739. The van der Waals surface area contributed by atoms with Crippen molar-refractivity contribution in [2.24, 2.45) is 0 Å². The van der Waals surface area contributed by atoms with Gasteiger partial charge in [0.25, 0.3) is 0 Å². The lowest BCUT2D eigenvalue weighted by atomic mass is 10.1. The zero-order chi connectivity index (χ0) is 11.6. The standard InChI is InChI=1S/C9H9N.2C2H6/c1-7-3-4-9(6-10)5-8(7)2;2*1-2/h3-5H,1-2H3;2*1-2H3. The maximum atomic E-state index is 8.50. The summed E-state index contributed by atoms with van der Waals surface area (Å²) in [4.78, 5) is 0. The number of rotatable bonds is 0. The fourth-order valence-electron chi connectivity index (χ4n) is 0.811. The summed E-state index contributed by atoms with van der Waals surface area (Å²) in [6.45, 7) is 12.0. The fourth-order valence-corrected chi connectivity index (χ4v) is 0.811. The summed E-state index contributed by atoms with van der Waals surface area (Å²) in [5.41, 5.74) is 3.15. The van der Waals surface area contributed by atoms with Crippen molar-refractivity contribution < 1.29 is 0 Å². The van der Waals surface area contributed by atoms with Crippen molar-refractivity contribution in [1.29, 1.82) is 5.26 Å². The Hall–Kier alpha value is -1.29. The van der Waals surface area contributed by atoms with E-state index >= 15 is 0 Å². The zero-order valence-corrected chi connectivity index (χ0v) is 10.2. The first-order chi connectivity index (χ1) is 6.74. The molecule has 1 rings (SSSR count). The van der Waals surface area contributed by atoms with Gasteiger partial charge >= 0.3 is 0 Å². The highest BCUT2D eigenvalue weighted by Crippen LogP contribution is 2.07. The van der Waals surface area contributed by atoms with Crippen LogP contribution in [0, 0.1) is 25.2 Å². The van der Waals surface area contributed by atoms with Crippen LogP contribution < -0.4 is 0 Å². The Morgan fingerprint density at radius 1 is 0.929 bits per heavy atom. The molecule has 0 aliphatic rings. The lowest BCUT2D eigenvalue weighted by Gasteiger charge is -1.96. The molecule has 0 spiro atoms. The lowest BCUT2D eigenvalue weighted by molar-refractivity contribution is 1.32. The van der Waals surface area contributed by atoms with E-state index in [9.17, 15) is 0 Å². The Morgan fingerprint density at radius 3 is 1.79 bits per heavy atom. The highest BCUT2D eigenvalue weighted by atomic mass is 14.2. The first kappa shape index (κ1) is 15.2. The Kier molecular flexibility index (Phi) is 10.6. The van der Waals surface area contributed by atoms with Crippen molar-refractivity contribution >= 4 is 0 Å². The number of benzene rings is 1. The quantitative estimate of drug-likeness (QED) is 0.602. The molecule has 0 amide bonds. The number of hydrogen-bond acceptors (Lipinski definition) is 1. The number of nitrogens with zero attached hydrogens (tertiary/aromatic N) is 1. The molecule has 0 bridgehead atoms. The zero-order valence-electron chi connectivity index (χ0n) is 10.2. The predicted octanol–water partition coefficient (Wildman–Crippen LogP) is 4.23. The minimum absolute atomic E-state index is 0.739. The summed E-state index contributed by atoms with van der Waals surface area (Å²) >= 11 is 0. The molecule has 0 N–H and O–H groups in total. The SMILES string of the molecule is CC.CC.Cc1ccc(C#N)cc1C. The van der Waals surface area contributed by atoms with Gasteiger partial charge in [-0.15, -0.1) is 0 Å². The molecular weight excluding hydrogens is 170 g/mol. The molecule has 1 heteroatoms. The molecule has 0 radical (unpaired) electrons. The van der Waals surface area contributed by atoms with E-state index in [1.54, 1.807) is 0 Å². The molecule has 0 atom stereocenters. The maximum absolute atomic E-state index is 8.50. The molecular formula is C13H21N. The summed E-state index contributed by atoms with van der Waals surface area (Å²) in [5.74, 6) is 0. The van der Waals surface area contributed by atoms with Crippen LogP contribution in [0.5, 0.6) is 0 Å². The third-order valence-corrected chi connectivity index (χ3v) is 1.64. The van der Waals surface area contributed by atoms with Gasteiger partial charge in [0.05, 0.1) is 11.6 Å². The first-order valence-corrected chi connectivity index (χ1v) is 5.21. The molecule has 0 saturated heterocycles. The van der Waals surface area contributed by atoms with Crippen LogP contribution in [-0.4, -0.2) is 0 Å². The molecule has 1 aromatic rings. The largest absolute Gasteiger partial charge is 0.192 e. The van der Waals surface area contributed by atoms with Gasteiger partial charge in [0.1, 0.15) is 0 Å². The number of aryl methyl sites for hydroxylation is 2. The van der Waals surface area contributed by atoms with Gasteiger partial charge in [0.2, 0.25) is 0 Å². The average molecular weight is 191 g/mol. The van der Waals surface area contributed by atoms with Gasteiger partial charge in [-0.25, -0.2) is 0 Å². The molecule has 78 valence electrons. The summed E-state index contributed by atoms with van der Waals surface area (Å²) in [6.07, 6.45) is 0. The van der Waals surface area contributed by atoms with Crippen LogP contribution in [0.3, 0.4) is 0 Å². The van der Waals surface area contributed by atoms with Gasteiger partial charge in [-0.1, -0.05) is 33.8 Å². The summed E-state index contributed by atoms with van der Waals surface area (Å²) in [5, 5.41) is 8.50. The highest BCUT2D eigenvalue weighted by Gasteiger charge is 1.92. The van der Waals surface area contributed by atoms with Gasteiger partial charge in [-0.05, 0) is 37.1 Å². The first-order valence-electron chi connectivity index (χ1n) is 5.21. The van der Waals surface area contributed by atoms with E-state index in [1.165, 1.54) is 11.1 Å². The fraction of sp³-hybridized carbons (Fsp3) is 0.462. The van der Waals surface area contributed by atoms with E-state index in [2.05, 4.69) is 6.07 Å². The molecule has 0 unspecified atom stereocenters. The molecule has 14 heavy (non-hydrogen) atoms. The topological polar surface area (TPSA) is 23.8 Å². The lowest BCUT2D eigenvalue weighted by Crippen LogP contribution is -1.81. The van der Waals surface area contributed by atoms with Crippen LogP contribution in [0.1, 0.15) is 44.4 Å². The van der Waals surface area contributed by atoms with E-state index in [0.29, 0.717) is 0 Å². The van der Waals surface area contributed by atoms with E-state index in [1.807, 2.05) is 59.7 Å². The summed E-state index contributed by atoms with van der Waals surface area (Å²) in [7, 11) is 0. The molecule has 0 aliphatic carbocycles. The van der Waals surface area contributed by atoms with Crippen LogP contribution in [-0.2, 0) is 0 Å². The van der Waals surface area contributed by atoms with E-state index < -0.39 is 0 Å². The number of nitriles is 1. The van der Waals surface area contributed by atoms with Crippen LogP contribution in [0.25, 0.3) is 0 Å². The smallest absolute Gasteiger partial charge is 0.0991 e. The van der Waals surface area contributed by atoms with Gasteiger partial charge in [0.15, 0.2) is 0 Å². The van der Waals surface area contributed by atoms with Crippen LogP contribution in [0.15, 0.2) is 18.2 Å². The van der Waals surface area contributed by atoms with Crippen LogP contribution in [0.2, 0.25) is 0 Å². The Balaban J connectivity index is 0. The Labute approximate surface area is 88.4 Å². The predicted molar refractivity (Wildman–Crippen MR) is 63.3 cm³/mol. The monoisotopic (exact) mass is 191 g/mol. The van der Waals surface area contributed by atoms with Crippen LogP contribution in [0.4, 0.5) is 0 Å². The molecule has 0 aliphatic heterocycles. The van der Waals surface area contributed by atoms with Gasteiger partial charge in [-0.3, -0.25) is 0 Å². The average Bonchev–Trinajstić information content (AvgIpc) is 2.28. The van der Waals surface area contributed by atoms with Gasteiger partial charge in [0, 0.05) is 0 Å². The third-order valence-electron chi connectivity index (χ3n) is 1.64. The van der Waals surface area contributed by atoms with E-state index in [-0.39, 0.29) is 0 Å². The summed E-state index contributed by atoms with van der Waals surface area (Å²) < 4.78 is 0. The van der Waals surface area contributed by atoms with Crippen molar-refractivity contribution in [3.63, 3.8) is 0 Å². The summed E-state index contributed by atoms with van der Waals surface area (Å²) in [6, 6.07) is 7.79. The van der Waals surface area contributed by atoms with E-state index in [0.717, 1.165) is 5.56 Å². The molecule has 1 aromatic carbocycles. The molecule has 0 saturated carbocycles. The van der Waals surface area contributed by atoms with Crippen LogP contribution >= 0.6 is 0 Å². The van der Waals surface area contributed by atoms with Gasteiger partial charge in [-0.2, -0.15) is 5.26 Å². The molecule has 0 fully saturated rings. The Bertz CT molecular complexity index is 282. The Morgan fingerprint density at radius 2 is 1.43 bits per heavy atom. The molecule has 0 aromatic heterocycles. The van der Waals surface area contributed by atoms with Crippen molar-refractivity contribution in [1.82, 2.24) is 0 Å². The number of hydrogen-bond donors (Lipinski definition) is 0. The van der Waals surface area contributed by atoms with Crippen molar-refractivity contribution in [2.45, 2.75) is 41.5 Å². The second kappa shape index (κ2) is 9.80.